The summed E-state index contributed by atoms with van der Waals surface area (Å²) in [4.78, 5) is 3.76. The van der Waals surface area contributed by atoms with Crippen molar-refractivity contribution in [1.82, 2.24) is 15.4 Å². The zero-order chi connectivity index (χ0) is 7.14. The summed E-state index contributed by atoms with van der Waals surface area (Å²) in [6.07, 6.45) is 0. The Morgan fingerprint density at radius 3 is 2.90 bits per heavy atom. The number of nitrogens with zero attached hydrogens (tertiary/aromatic N) is 3. The van der Waals surface area contributed by atoms with Crippen LogP contribution in [0.15, 0.2) is 4.99 Å². The van der Waals surface area contributed by atoms with E-state index < -0.39 is 0 Å². The minimum Gasteiger partial charge on any atom is -0.382 e. The lowest BCUT2D eigenvalue weighted by atomic mass is 10.3. The zero-order valence-electron chi connectivity index (χ0n) is 4.92. The Kier molecular flexibility index (Phi) is 0.717. The average Bonchev–Trinajstić information content (AvgIpc) is 2.41. The van der Waals surface area contributed by atoms with Crippen LogP contribution in [0, 0.1) is 5.41 Å². The summed E-state index contributed by atoms with van der Waals surface area (Å²) in [5.74, 6) is 0.585. The number of aliphatic imine (C=N–C) groups is 1. The number of fused-ring (bicyclic) bond motifs is 1. The molecule has 1 aromatic heterocycles. The number of amidine groups is 1. The third-order valence-electron chi connectivity index (χ3n) is 1.25. The van der Waals surface area contributed by atoms with Crippen LogP contribution in [0.4, 0.5) is 5.82 Å². The van der Waals surface area contributed by atoms with Crippen molar-refractivity contribution < 1.29 is 0 Å². The Bertz CT molecular complexity index is 320. The van der Waals surface area contributed by atoms with Gasteiger partial charge in [-0.25, -0.2) is 4.99 Å². The number of hydrogen-bond acceptors (Lipinski definition) is 5. The van der Waals surface area contributed by atoms with Gasteiger partial charge in [-0.3, -0.25) is 5.41 Å². The lowest BCUT2D eigenvalue weighted by molar-refractivity contribution is 0.935. The number of aromatic nitrogens is 3. The Morgan fingerprint density at radius 2 is 2.20 bits per heavy atom. The van der Waals surface area contributed by atoms with Gasteiger partial charge in [-0.1, -0.05) is 0 Å². The van der Waals surface area contributed by atoms with Gasteiger partial charge in [0.1, 0.15) is 5.71 Å². The molecule has 0 radical (unpaired) electrons. The predicted molar refractivity (Wildman–Crippen MR) is 34.5 cm³/mol. The first kappa shape index (κ1) is 5.10. The molecule has 50 valence electrons. The lowest BCUT2D eigenvalue weighted by Crippen LogP contribution is -2.20. The Balaban J connectivity index is 2.68. The highest BCUT2D eigenvalue weighted by molar-refractivity contribution is 6.48. The number of aromatic amines is 1. The van der Waals surface area contributed by atoms with E-state index >= 15 is 0 Å². The van der Waals surface area contributed by atoms with Crippen LogP contribution >= 0.6 is 0 Å². The predicted octanol–water partition coefficient (Wildman–Crippen LogP) is -0.825. The van der Waals surface area contributed by atoms with E-state index in [1.807, 2.05) is 0 Å². The van der Waals surface area contributed by atoms with Gasteiger partial charge in [0.15, 0.2) is 11.5 Å². The highest BCUT2D eigenvalue weighted by Crippen LogP contribution is 2.18. The minimum atomic E-state index is 0.142. The highest BCUT2D eigenvalue weighted by atomic mass is 15.4. The topological polar surface area (TPSA) is 104 Å². The van der Waals surface area contributed by atoms with Crippen LogP contribution in [-0.4, -0.2) is 27.0 Å². The number of nitrogens with two attached hydrogens (primary N) is 1. The van der Waals surface area contributed by atoms with E-state index in [0.29, 0.717) is 11.5 Å². The van der Waals surface area contributed by atoms with Crippen molar-refractivity contribution in [3.05, 3.63) is 5.69 Å². The third kappa shape index (κ3) is 0.426. The normalized spacial score (nSPS) is 15.2. The summed E-state index contributed by atoms with van der Waals surface area (Å²) in [7, 11) is 0. The summed E-state index contributed by atoms with van der Waals surface area (Å²) in [6.45, 7) is 0. The van der Waals surface area contributed by atoms with Gasteiger partial charge in [0.25, 0.3) is 0 Å². The van der Waals surface area contributed by atoms with Crippen molar-refractivity contribution in [3.63, 3.8) is 0 Å². The Morgan fingerprint density at radius 1 is 1.40 bits per heavy atom. The zero-order valence-corrected chi connectivity index (χ0v) is 4.92. The average molecular weight is 136 g/mol. The fourth-order valence-corrected chi connectivity index (χ4v) is 0.762. The monoisotopic (exact) mass is 136 g/mol. The maximum atomic E-state index is 7.27. The molecule has 1 aliphatic heterocycles. The first-order chi connectivity index (χ1) is 4.79. The molecule has 1 aliphatic rings. The van der Waals surface area contributed by atoms with Crippen molar-refractivity contribution >= 4 is 17.4 Å². The molecule has 0 amide bonds. The smallest absolute Gasteiger partial charge is 0.205 e. The summed E-state index contributed by atoms with van der Waals surface area (Å²) >= 11 is 0. The molecule has 0 spiro atoms. The lowest BCUT2D eigenvalue weighted by Gasteiger charge is -1.85. The molecule has 0 unspecified atom stereocenters. The van der Waals surface area contributed by atoms with Crippen molar-refractivity contribution in [2.75, 3.05) is 0 Å². The van der Waals surface area contributed by atoms with Gasteiger partial charge in [0.05, 0.1) is 0 Å². The van der Waals surface area contributed by atoms with Gasteiger partial charge in [0, 0.05) is 0 Å². The molecule has 1 aromatic rings. The Labute approximate surface area is 55.7 Å². The van der Waals surface area contributed by atoms with E-state index in [4.69, 9.17) is 11.1 Å². The molecule has 0 aliphatic carbocycles. The largest absolute Gasteiger partial charge is 0.382 e. The van der Waals surface area contributed by atoms with Crippen molar-refractivity contribution in [2.24, 2.45) is 10.7 Å². The van der Waals surface area contributed by atoms with Crippen LogP contribution in [0.1, 0.15) is 5.69 Å². The third-order valence-corrected chi connectivity index (χ3v) is 1.25. The summed E-state index contributed by atoms with van der Waals surface area (Å²) in [5, 5.41) is 16.9. The first-order valence-electron chi connectivity index (χ1n) is 2.63. The van der Waals surface area contributed by atoms with E-state index in [-0.39, 0.29) is 11.5 Å². The van der Waals surface area contributed by atoms with Crippen LogP contribution in [0.25, 0.3) is 0 Å². The number of rotatable bonds is 0. The van der Waals surface area contributed by atoms with Crippen LogP contribution < -0.4 is 5.73 Å². The molecule has 2 heterocycles. The molecule has 10 heavy (non-hydrogen) atoms. The van der Waals surface area contributed by atoms with Crippen molar-refractivity contribution in [2.45, 2.75) is 0 Å². The van der Waals surface area contributed by atoms with E-state index in [0.717, 1.165) is 0 Å². The first-order valence-corrected chi connectivity index (χ1v) is 2.63. The summed E-state index contributed by atoms with van der Waals surface area (Å²) < 4.78 is 0. The SMILES string of the molecule is N=C1C(N)=Nc2n[nH]nc21. The molecule has 2 rings (SSSR count). The second kappa shape index (κ2) is 1.41. The van der Waals surface area contributed by atoms with Crippen LogP contribution in [0.3, 0.4) is 0 Å². The molecule has 6 nitrogen and oxygen atoms in total. The van der Waals surface area contributed by atoms with E-state index in [1.165, 1.54) is 0 Å². The fourth-order valence-electron chi connectivity index (χ4n) is 0.762. The molecule has 6 heteroatoms. The van der Waals surface area contributed by atoms with E-state index in [2.05, 4.69) is 20.4 Å². The van der Waals surface area contributed by atoms with Crippen LogP contribution in [0.2, 0.25) is 0 Å². The fraction of sp³-hybridized carbons (Fsp3) is 0. The van der Waals surface area contributed by atoms with Gasteiger partial charge in [-0.15, -0.1) is 5.10 Å². The quantitative estimate of drug-likeness (QED) is 0.433. The van der Waals surface area contributed by atoms with Gasteiger partial charge in [0.2, 0.25) is 5.82 Å². The standard InChI is InChI=1S/C4H4N6/c5-1-2-4(7-3(1)6)9-10-8-2/h(H4,5,6,7,8,9,10). The molecule has 0 atom stereocenters. The van der Waals surface area contributed by atoms with Gasteiger partial charge < -0.3 is 5.73 Å². The summed E-state index contributed by atoms with van der Waals surface area (Å²) in [6, 6.07) is 0. The maximum absolute atomic E-state index is 7.27. The molecular formula is C4H4N6. The molecule has 0 bridgehead atoms. The van der Waals surface area contributed by atoms with E-state index in [1.54, 1.807) is 0 Å². The summed E-state index contributed by atoms with van der Waals surface area (Å²) in [5.41, 5.74) is 5.88. The number of nitrogens with one attached hydrogen (secondary N) is 2. The number of hydrogen-bond donors (Lipinski definition) is 3. The minimum absolute atomic E-state index is 0.142. The molecular weight excluding hydrogens is 132 g/mol. The van der Waals surface area contributed by atoms with Gasteiger partial charge >= 0.3 is 0 Å². The molecule has 0 aromatic carbocycles. The molecule has 4 N–H and O–H groups in total. The van der Waals surface area contributed by atoms with Crippen LogP contribution in [0.5, 0.6) is 0 Å². The maximum Gasteiger partial charge on any atom is 0.205 e. The molecule has 0 saturated heterocycles. The number of H-pyrrole nitrogens is 1. The van der Waals surface area contributed by atoms with Crippen molar-refractivity contribution in [3.8, 4) is 0 Å². The van der Waals surface area contributed by atoms with Crippen molar-refractivity contribution in [1.29, 1.82) is 5.41 Å². The van der Waals surface area contributed by atoms with Gasteiger partial charge in [-0.05, 0) is 0 Å². The second-order valence-electron chi connectivity index (χ2n) is 1.87. The van der Waals surface area contributed by atoms with Gasteiger partial charge in [-0.2, -0.15) is 10.3 Å². The highest BCUT2D eigenvalue weighted by Gasteiger charge is 2.22. The molecule has 0 fully saturated rings. The second-order valence-corrected chi connectivity index (χ2v) is 1.87. The van der Waals surface area contributed by atoms with Crippen LogP contribution in [-0.2, 0) is 0 Å². The Hall–Kier alpha value is -1.72. The molecule has 0 saturated carbocycles. The van der Waals surface area contributed by atoms with E-state index in [9.17, 15) is 0 Å².